The number of aliphatic imine (C=N–C) groups is 1. The maximum absolute atomic E-state index is 5.68. The van der Waals surface area contributed by atoms with Gasteiger partial charge >= 0.3 is 0 Å². The fraction of sp³-hybridized carbons (Fsp3) is 0.368. The van der Waals surface area contributed by atoms with Crippen LogP contribution in [0.3, 0.4) is 0 Å². The summed E-state index contributed by atoms with van der Waals surface area (Å²) in [5, 5.41) is 7.79. The van der Waals surface area contributed by atoms with Crippen molar-refractivity contribution in [2.24, 2.45) is 4.99 Å². The molecule has 1 aromatic heterocycles. The lowest BCUT2D eigenvalue weighted by molar-refractivity contribution is 0.358. The summed E-state index contributed by atoms with van der Waals surface area (Å²) in [7, 11) is 1.78. The van der Waals surface area contributed by atoms with E-state index >= 15 is 0 Å². The third-order valence-corrected chi connectivity index (χ3v) is 4.78. The number of rotatable bonds is 8. The van der Waals surface area contributed by atoms with Crippen LogP contribution in [-0.2, 0) is 13.0 Å². The molecule has 2 rings (SSSR count). The van der Waals surface area contributed by atoms with E-state index in [9.17, 15) is 0 Å². The molecule has 0 aliphatic carbocycles. The molecular weight excluding hydrogens is 459 g/mol. The van der Waals surface area contributed by atoms with Gasteiger partial charge in [-0.25, -0.2) is 4.98 Å². The Morgan fingerprint density at radius 2 is 2.08 bits per heavy atom. The van der Waals surface area contributed by atoms with E-state index in [0.717, 1.165) is 40.9 Å². The second-order valence-corrected chi connectivity index (χ2v) is 6.84. The summed E-state index contributed by atoms with van der Waals surface area (Å²) in [6.07, 6.45) is 2.69. The molecule has 5 nitrogen and oxygen atoms in total. The molecule has 0 radical (unpaired) electrons. The van der Waals surface area contributed by atoms with Crippen LogP contribution >= 0.6 is 35.3 Å². The molecule has 0 aliphatic rings. The van der Waals surface area contributed by atoms with Crippen molar-refractivity contribution in [1.29, 1.82) is 0 Å². The number of nitrogens with one attached hydrogen (secondary N) is 2. The summed E-state index contributed by atoms with van der Waals surface area (Å²) < 4.78 is 5.68. The fourth-order valence-electron chi connectivity index (χ4n) is 2.44. The van der Waals surface area contributed by atoms with Crippen LogP contribution in [0.15, 0.2) is 41.9 Å². The van der Waals surface area contributed by atoms with Crippen LogP contribution in [0, 0.1) is 13.8 Å². The van der Waals surface area contributed by atoms with E-state index in [0.29, 0.717) is 13.2 Å². The zero-order valence-electron chi connectivity index (χ0n) is 15.5. The number of benzene rings is 1. The molecule has 0 amide bonds. The number of halogens is 1. The topological polar surface area (TPSA) is 58.5 Å². The molecule has 1 aromatic carbocycles. The van der Waals surface area contributed by atoms with E-state index in [-0.39, 0.29) is 24.0 Å². The maximum Gasteiger partial charge on any atom is 0.191 e. The van der Waals surface area contributed by atoms with Crippen molar-refractivity contribution in [2.75, 3.05) is 20.2 Å². The maximum atomic E-state index is 5.68. The van der Waals surface area contributed by atoms with Gasteiger partial charge in [0.2, 0.25) is 0 Å². The summed E-state index contributed by atoms with van der Waals surface area (Å²) in [6.45, 7) is 9.75. The minimum atomic E-state index is 0. The molecule has 0 aliphatic heterocycles. The van der Waals surface area contributed by atoms with Crippen LogP contribution in [0.4, 0.5) is 0 Å². The Kier molecular flexibility index (Phi) is 10.3. The summed E-state index contributed by atoms with van der Waals surface area (Å²) in [6, 6.07) is 7.98. The fourth-order valence-corrected chi connectivity index (χ4v) is 3.38. The van der Waals surface area contributed by atoms with Crippen molar-refractivity contribution in [3.63, 3.8) is 0 Å². The monoisotopic (exact) mass is 486 g/mol. The molecule has 0 spiro atoms. The molecule has 26 heavy (non-hydrogen) atoms. The molecule has 0 fully saturated rings. The highest BCUT2D eigenvalue weighted by Crippen LogP contribution is 2.18. The lowest BCUT2D eigenvalue weighted by Crippen LogP contribution is -2.37. The molecule has 0 saturated carbocycles. The third-order valence-electron chi connectivity index (χ3n) is 3.64. The van der Waals surface area contributed by atoms with Crippen molar-refractivity contribution < 1.29 is 4.74 Å². The van der Waals surface area contributed by atoms with Crippen molar-refractivity contribution in [1.82, 2.24) is 15.6 Å². The zero-order chi connectivity index (χ0) is 18.1. The predicted molar refractivity (Wildman–Crippen MR) is 121 cm³/mol. The lowest BCUT2D eigenvalue weighted by Gasteiger charge is -2.14. The van der Waals surface area contributed by atoms with Gasteiger partial charge in [-0.05, 0) is 19.9 Å². The molecule has 2 aromatic rings. The smallest absolute Gasteiger partial charge is 0.191 e. The van der Waals surface area contributed by atoms with Gasteiger partial charge in [0, 0.05) is 37.0 Å². The largest absolute Gasteiger partial charge is 0.489 e. The Balaban J connectivity index is 0.00000338. The molecule has 142 valence electrons. The number of para-hydroxylation sites is 1. The molecule has 0 atom stereocenters. The average molecular weight is 486 g/mol. The second kappa shape index (κ2) is 11.9. The zero-order valence-corrected chi connectivity index (χ0v) is 18.7. The first-order valence-electron chi connectivity index (χ1n) is 8.33. The molecule has 1 heterocycles. The first kappa shape index (κ1) is 22.4. The Morgan fingerprint density at radius 1 is 1.31 bits per heavy atom. The van der Waals surface area contributed by atoms with Crippen LogP contribution in [-0.4, -0.2) is 31.1 Å². The minimum Gasteiger partial charge on any atom is -0.489 e. The highest BCUT2D eigenvalue weighted by molar-refractivity contribution is 14.0. The van der Waals surface area contributed by atoms with Gasteiger partial charge in [-0.2, -0.15) is 0 Å². The van der Waals surface area contributed by atoms with Crippen LogP contribution in [0.2, 0.25) is 0 Å². The molecule has 7 heteroatoms. The second-order valence-electron chi connectivity index (χ2n) is 5.55. The van der Waals surface area contributed by atoms with Gasteiger partial charge < -0.3 is 15.4 Å². The number of hydrogen-bond donors (Lipinski definition) is 2. The van der Waals surface area contributed by atoms with E-state index in [1.165, 1.54) is 4.88 Å². The van der Waals surface area contributed by atoms with Gasteiger partial charge in [-0.3, -0.25) is 4.99 Å². The number of ether oxygens (including phenoxy) is 1. The van der Waals surface area contributed by atoms with Gasteiger partial charge in [-0.1, -0.05) is 30.9 Å². The third kappa shape index (κ3) is 6.95. The summed E-state index contributed by atoms with van der Waals surface area (Å²) in [5.74, 6) is 1.64. The molecule has 0 saturated heterocycles. The van der Waals surface area contributed by atoms with E-state index in [4.69, 9.17) is 4.74 Å². The Bertz CT molecular complexity index is 730. The van der Waals surface area contributed by atoms with Gasteiger partial charge in [0.1, 0.15) is 12.4 Å². The Labute approximate surface area is 177 Å². The number of guanidine groups is 1. The Morgan fingerprint density at radius 3 is 2.73 bits per heavy atom. The summed E-state index contributed by atoms with van der Waals surface area (Å²) >= 11 is 1.76. The quantitative estimate of drug-likeness (QED) is 0.258. The highest BCUT2D eigenvalue weighted by Gasteiger charge is 2.06. The first-order valence-corrected chi connectivity index (χ1v) is 9.14. The van der Waals surface area contributed by atoms with Crippen molar-refractivity contribution in [2.45, 2.75) is 26.8 Å². The van der Waals surface area contributed by atoms with Gasteiger partial charge in [-0.15, -0.1) is 35.3 Å². The van der Waals surface area contributed by atoms with Gasteiger partial charge in [0.15, 0.2) is 5.96 Å². The Hall–Kier alpha value is -1.61. The molecule has 0 unspecified atom stereocenters. The number of aromatic nitrogens is 1. The van der Waals surface area contributed by atoms with Crippen molar-refractivity contribution >= 4 is 41.3 Å². The number of aryl methyl sites for hydroxylation is 2. The molecule has 2 N–H and O–H groups in total. The normalized spacial score (nSPS) is 10.8. The number of hydrogen-bond acceptors (Lipinski definition) is 4. The van der Waals surface area contributed by atoms with Crippen LogP contribution in [0.25, 0.3) is 0 Å². The van der Waals surface area contributed by atoms with Gasteiger partial charge in [0.05, 0.1) is 10.7 Å². The summed E-state index contributed by atoms with van der Waals surface area (Å²) in [5.41, 5.74) is 2.21. The summed E-state index contributed by atoms with van der Waals surface area (Å²) in [4.78, 5) is 10.1. The van der Waals surface area contributed by atoms with E-state index in [2.05, 4.69) is 34.1 Å². The van der Waals surface area contributed by atoms with E-state index in [1.54, 1.807) is 24.5 Å². The SMILES string of the molecule is C=CCOc1ccccc1CNC(=NC)NCCc1sc(C)nc1C.I. The minimum absolute atomic E-state index is 0. The van der Waals surface area contributed by atoms with Crippen LogP contribution in [0.1, 0.15) is 21.1 Å². The number of nitrogens with zero attached hydrogens (tertiary/aromatic N) is 2. The van der Waals surface area contributed by atoms with Crippen molar-refractivity contribution in [3.05, 3.63) is 58.1 Å². The predicted octanol–water partition coefficient (Wildman–Crippen LogP) is 3.85. The van der Waals surface area contributed by atoms with Crippen molar-refractivity contribution in [3.8, 4) is 5.75 Å². The lowest BCUT2D eigenvalue weighted by atomic mass is 10.2. The van der Waals surface area contributed by atoms with E-state index in [1.807, 2.05) is 31.2 Å². The standard InChI is InChI=1S/C19H26N4OS.HI/c1-5-12-24-17-9-7-6-8-16(17)13-22-19(20-4)21-11-10-18-14(2)23-15(3)25-18;/h5-9H,1,10-13H2,2-4H3,(H2,20,21,22);1H. The van der Waals surface area contributed by atoms with Crippen LogP contribution in [0.5, 0.6) is 5.75 Å². The number of thiazole rings is 1. The molecule has 0 bridgehead atoms. The van der Waals surface area contributed by atoms with E-state index < -0.39 is 0 Å². The average Bonchev–Trinajstić information content (AvgIpc) is 2.94. The van der Waals surface area contributed by atoms with Gasteiger partial charge in [0.25, 0.3) is 0 Å². The van der Waals surface area contributed by atoms with Crippen LogP contribution < -0.4 is 15.4 Å². The first-order chi connectivity index (χ1) is 12.1. The molecular formula is C19H27IN4OS. The highest BCUT2D eigenvalue weighted by atomic mass is 127.